The van der Waals surface area contributed by atoms with Crippen LogP contribution in [0, 0.1) is 0 Å². The van der Waals surface area contributed by atoms with Gasteiger partial charge in [-0.3, -0.25) is 4.79 Å². The molecule has 0 saturated carbocycles. The van der Waals surface area contributed by atoms with Crippen LogP contribution in [0.3, 0.4) is 0 Å². The van der Waals surface area contributed by atoms with Crippen LogP contribution in [-0.4, -0.2) is 38.2 Å². The van der Waals surface area contributed by atoms with Gasteiger partial charge in [0.05, 0.1) is 11.3 Å². The smallest absolute Gasteiger partial charge is 0.338 e. The van der Waals surface area contributed by atoms with E-state index in [2.05, 4.69) is 20.8 Å². The van der Waals surface area contributed by atoms with Crippen molar-refractivity contribution in [1.29, 1.82) is 0 Å². The highest BCUT2D eigenvalue weighted by atomic mass is 16.5. The van der Waals surface area contributed by atoms with Crippen molar-refractivity contribution in [2.24, 2.45) is 0 Å². The van der Waals surface area contributed by atoms with E-state index >= 15 is 0 Å². The minimum atomic E-state index is -0.938. The van der Waals surface area contributed by atoms with Crippen molar-refractivity contribution < 1.29 is 14.3 Å². The van der Waals surface area contributed by atoms with Crippen LogP contribution < -0.4 is 5.32 Å². The number of esters is 1. The first-order valence-corrected chi connectivity index (χ1v) is 8.90. The molecule has 0 radical (unpaired) electrons. The lowest BCUT2D eigenvalue weighted by molar-refractivity contribution is -0.123. The Morgan fingerprint density at radius 3 is 2.39 bits per heavy atom. The van der Waals surface area contributed by atoms with Crippen LogP contribution >= 0.6 is 0 Å². The summed E-state index contributed by atoms with van der Waals surface area (Å²) in [5.41, 5.74) is 2.78. The summed E-state index contributed by atoms with van der Waals surface area (Å²) in [5, 5.41) is 13.7. The third kappa shape index (κ3) is 4.40. The van der Waals surface area contributed by atoms with E-state index in [-0.39, 0.29) is 11.8 Å². The lowest BCUT2D eigenvalue weighted by atomic mass is 10.0. The highest BCUT2D eigenvalue weighted by Crippen LogP contribution is 2.24. The van der Waals surface area contributed by atoms with Gasteiger partial charge in [0, 0.05) is 5.69 Å². The molecule has 0 unspecified atom stereocenters. The van der Waals surface area contributed by atoms with Gasteiger partial charge < -0.3 is 10.1 Å². The first kappa shape index (κ1) is 19.2. The number of ether oxygens (including phenoxy) is 1. The van der Waals surface area contributed by atoms with E-state index in [1.807, 2.05) is 38.1 Å². The highest BCUT2D eigenvalue weighted by molar-refractivity contribution is 5.97. The number of tetrazole rings is 1. The van der Waals surface area contributed by atoms with Crippen molar-refractivity contribution >= 4 is 17.6 Å². The van der Waals surface area contributed by atoms with Gasteiger partial charge in [-0.25, -0.2) is 9.48 Å². The first-order chi connectivity index (χ1) is 13.5. The normalized spacial score (nSPS) is 11.9. The zero-order valence-corrected chi connectivity index (χ0v) is 15.9. The predicted octanol–water partition coefficient (Wildman–Crippen LogP) is 2.97. The Labute approximate surface area is 162 Å². The average molecular weight is 379 g/mol. The van der Waals surface area contributed by atoms with Crippen molar-refractivity contribution in [2.75, 3.05) is 5.32 Å². The molecule has 3 rings (SSSR count). The molecule has 144 valence electrons. The minimum absolute atomic E-state index is 0.257. The van der Waals surface area contributed by atoms with Gasteiger partial charge in [0.2, 0.25) is 0 Å². The third-order valence-electron chi connectivity index (χ3n) is 4.21. The van der Waals surface area contributed by atoms with Gasteiger partial charge in [-0.1, -0.05) is 32.0 Å². The molecular weight excluding hydrogens is 358 g/mol. The van der Waals surface area contributed by atoms with Gasteiger partial charge >= 0.3 is 5.97 Å². The summed E-state index contributed by atoms with van der Waals surface area (Å²) in [7, 11) is 0. The van der Waals surface area contributed by atoms with E-state index in [0.29, 0.717) is 11.3 Å². The molecule has 3 aromatic rings. The summed E-state index contributed by atoms with van der Waals surface area (Å²) in [6.45, 7) is 5.64. The zero-order valence-electron chi connectivity index (χ0n) is 15.9. The SMILES string of the molecule is CC(C)c1ccccc1NC(=O)[C@@H](C)OC(=O)c1ccc(-n2cnnn2)cc1. The Morgan fingerprint density at radius 1 is 1.04 bits per heavy atom. The van der Waals surface area contributed by atoms with Crippen LogP contribution in [0.5, 0.6) is 0 Å². The fraction of sp³-hybridized carbons (Fsp3) is 0.250. The standard InChI is InChI=1S/C20H21N5O3/c1-13(2)17-6-4-5-7-18(17)22-19(26)14(3)28-20(27)15-8-10-16(11-9-15)25-12-21-23-24-25/h4-14H,1-3H3,(H,22,26)/t14-/m1/s1. The molecule has 0 fully saturated rings. The average Bonchev–Trinajstić information content (AvgIpc) is 3.23. The molecule has 1 amide bonds. The molecule has 0 bridgehead atoms. The number of aromatic nitrogens is 4. The van der Waals surface area contributed by atoms with Crippen LogP contribution in [-0.2, 0) is 9.53 Å². The summed E-state index contributed by atoms with van der Waals surface area (Å²) < 4.78 is 6.77. The van der Waals surface area contributed by atoms with E-state index < -0.39 is 12.1 Å². The van der Waals surface area contributed by atoms with Gasteiger partial charge in [-0.2, -0.15) is 0 Å². The van der Waals surface area contributed by atoms with Crippen LogP contribution in [0.4, 0.5) is 5.69 Å². The number of carbonyl (C=O) groups is 2. The second-order valence-electron chi connectivity index (χ2n) is 6.58. The largest absolute Gasteiger partial charge is 0.449 e. The first-order valence-electron chi connectivity index (χ1n) is 8.90. The van der Waals surface area contributed by atoms with Crippen LogP contribution in [0.1, 0.15) is 42.6 Å². The number of rotatable bonds is 6. The second-order valence-corrected chi connectivity index (χ2v) is 6.58. The monoisotopic (exact) mass is 379 g/mol. The highest BCUT2D eigenvalue weighted by Gasteiger charge is 2.20. The summed E-state index contributed by atoms with van der Waals surface area (Å²) in [6, 6.07) is 14.1. The van der Waals surface area contributed by atoms with E-state index in [0.717, 1.165) is 11.3 Å². The molecule has 0 saturated heterocycles. The molecule has 1 heterocycles. The molecule has 0 aliphatic heterocycles. The summed E-state index contributed by atoms with van der Waals surface area (Å²) >= 11 is 0. The van der Waals surface area contributed by atoms with Crippen LogP contribution in [0.15, 0.2) is 54.9 Å². The molecule has 1 N–H and O–H groups in total. The van der Waals surface area contributed by atoms with Gasteiger partial charge in [0.1, 0.15) is 6.33 Å². The Balaban J connectivity index is 1.63. The summed E-state index contributed by atoms with van der Waals surface area (Å²) in [6.07, 6.45) is 0.515. The predicted molar refractivity (Wildman–Crippen MR) is 103 cm³/mol. The Kier molecular flexibility index (Phi) is 5.78. The Morgan fingerprint density at radius 2 is 1.75 bits per heavy atom. The molecule has 28 heavy (non-hydrogen) atoms. The number of anilines is 1. The molecular formula is C20H21N5O3. The van der Waals surface area contributed by atoms with Gasteiger partial charge in [-0.15, -0.1) is 5.10 Å². The zero-order chi connectivity index (χ0) is 20.1. The number of amides is 1. The molecule has 8 heteroatoms. The maximum atomic E-state index is 12.4. The number of nitrogens with one attached hydrogen (secondary N) is 1. The summed E-state index contributed by atoms with van der Waals surface area (Å²) in [4.78, 5) is 24.8. The topological polar surface area (TPSA) is 99.0 Å². The maximum absolute atomic E-state index is 12.4. The molecule has 8 nitrogen and oxygen atoms in total. The fourth-order valence-electron chi connectivity index (χ4n) is 2.66. The Bertz CT molecular complexity index is 952. The fourth-order valence-corrected chi connectivity index (χ4v) is 2.66. The number of carbonyl (C=O) groups excluding carboxylic acids is 2. The van der Waals surface area contributed by atoms with Crippen molar-refractivity contribution in [3.63, 3.8) is 0 Å². The van der Waals surface area contributed by atoms with E-state index in [1.165, 1.54) is 11.0 Å². The van der Waals surface area contributed by atoms with E-state index in [1.54, 1.807) is 31.2 Å². The lowest BCUT2D eigenvalue weighted by Crippen LogP contribution is -2.30. The number of para-hydroxylation sites is 1. The van der Waals surface area contributed by atoms with E-state index in [9.17, 15) is 9.59 Å². The van der Waals surface area contributed by atoms with Crippen molar-refractivity contribution in [1.82, 2.24) is 20.2 Å². The lowest BCUT2D eigenvalue weighted by Gasteiger charge is -2.17. The van der Waals surface area contributed by atoms with E-state index in [4.69, 9.17) is 4.74 Å². The Hall–Kier alpha value is -3.55. The van der Waals surface area contributed by atoms with Crippen molar-refractivity contribution in [3.05, 3.63) is 66.0 Å². The number of hydrogen-bond acceptors (Lipinski definition) is 6. The van der Waals surface area contributed by atoms with Crippen molar-refractivity contribution in [2.45, 2.75) is 32.8 Å². The minimum Gasteiger partial charge on any atom is -0.449 e. The van der Waals surface area contributed by atoms with Gasteiger partial charge in [0.25, 0.3) is 5.91 Å². The van der Waals surface area contributed by atoms with Crippen LogP contribution in [0.25, 0.3) is 5.69 Å². The molecule has 1 aromatic heterocycles. The number of hydrogen-bond donors (Lipinski definition) is 1. The van der Waals surface area contributed by atoms with Gasteiger partial charge in [-0.05, 0) is 59.2 Å². The van der Waals surface area contributed by atoms with Crippen LogP contribution in [0.2, 0.25) is 0 Å². The third-order valence-corrected chi connectivity index (χ3v) is 4.21. The summed E-state index contributed by atoms with van der Waals surface area (Å²) in [5.74, 6) is -0.706. The van der Waals surface area contributed by atoms with Gasteiger partial charge in [0.15, 0.2) is 6.10 Å². The second kappa shape index (κ2) is 8.43. The molecule has 2 aromatic carbocycles. The quantitative estimate of drug-likeness (QED) is 0.661. The molecule has 0 spiro atoms. The maximum Gasteiger partial charge on any atom is 0.338 e. The molecule has 0 aliphatic carbocycles. The molecule has 1 atom stereocenters. The number of benzene rings is 2. The number of nitrogens with zero attached hydrogens (tertiary/aromatic N) is 4. The molecule has 0 aliphatic rings. The van der Waals surface area contributed by atoms with Crippen molar-refractivity contribution in [3.8, 4) is 5.69 Å².